The lowest BCUT2D eigenvalue weighted by atomic mass is 10.3. The Morgan fingerprint density at radius 3 is 2.94 bits per heavy atom. The normalized spacial score (nSPS) is 15.9. The van der Waals surface area contributed by atoms with Crippen LogP contribution < -0.4 is 10.7 Å². The van der Waals surface area contributed by atoms with Crippen LogP contribution in [0.4, 0.5) is 5.69 Å². The van der Waals surface area contributed by atoms with E-state index in [1.165, 1.54) is 0 Å². The van der Waals surface area contributed by atoms with Gasteiger partial charge in [0.1, 0.15) is 5.75 Å². The molecule has 0 radical (unpaired) electrons. The highest BCUT2D eigenvalue weighted by Gasteiger charge is 2.28. The average Bonchev–Trinajstić information content (AvgIpc) is 2.61. The number of amides is 1. The summed E-state index contributed by atoms with van der Waals surface area (Å²) in [6.07, 6.45) is 0.496. The molecule has 1 saturated heterocycles. The van der Waals surface area contributed by atoms with Crippen LogP contribution in [0.2, 0.25) is 0 Å². The number of hydrogen-bond acceptors (Lipinski definition) is 4. The molecule has 1 fully saturated rings. The number of phenolic OH excluding ortho intramolecular Hbond substituents is 1. The van der Waals surface area contributed by atoms with Crippen LogP contribution >= 0.6 is 0 Å². The molecule has 0 aliphatic carbocycles. The molecule has 1 aromatic rings. The molecule has 0 unspecified atom stereocenters. The highest BCUT2D eigenvalue weighted by atomic mass is 16.3. The van der Waals surface area contributed by atoms with Gasteiger partial charge in [0.25, 0.3) is 0 Å². The van der Waals surface area contributed by atoms with Crippen molar-refractivity contribution in [3.63, 3.8) is 0 Å². The van der Waals surface area contributed by atoms with Gasteiger partial charge in [-0.25, -0.2) is 0 Å². The molecule has 1 heterocycles. The van der Waals surface area contributed by atoms with E-state index >= 15 is 0 Å². The lowest BCUT2D eigenvalue weighted by Gasteiger charge is -2.29. The standard InChI is InChI=1S/C11H15N3O2/c12-5-7-14-11(16)4-6-13(14)9-2-1-3-10(15)8-9/h1-3,8,15H,4-7,12H2. The quantitative estimate of drug-likeness (QED) is 0.770. The summed E-state index contributed by atoms with van der Waals surface area (Å²) < 4.78 is 0. The number of nitrogens with two attached hydrogens (primary N) is 1. The highest BCUT2D eigenvalue weighted by Crippen LogP contribution is 2.25. The predicted octanol–water partition coefficient (Wildman–Crippen LogP) is 0.305. The van der Waals surface area contributed by atoms with E-state index in [-0.39, 0.29) is 11.7 Å². The molecule has 1 aliphatic heterocycles. The summed E-state index contributed by atoms with van der Waals surface area (Å²) in [4.78, 5) is 11.6. The van der Waals surface area contributed by atoms with Gasteiger partial charge < -0.3 is 10.8 Å². The number of rotatable bonds is 3. The molecule has 0 saturated carbocycles. The molecule has 0 spiro atoms. The molecule has 1 aromatic carbocycles. The Morgan fingerprint density at radius 2 is 2.25 bits per heavy atom. The van der Waals surface area contributed by atoms with E-state index < -0.39 is 0 Å². The number of hydrogen-bond donors (Lipinski definition) is 2. The first kappa shape index (κ1) is 10.8. The number of aromatic hydroxyl groups is 1. The second-order valence-corrected chi connectivity index (χ2v) is 3.70. The molecule has 0 aromatic heterocycles. The molecule has 86 valence electrons. The number of carbonyl (C=O) groups excluding carboxylic acids is 1. The van der Waals surface area contributed by atoms with Gasteiger partial charge in [0.15, 0.2) is 0 Å². The van der Waals surface area contributed by atoms with E-state index in [9.17, 15) is 9.90 Å². The minimum absolute atomic E-state index is 0.0776. The molecule has 16 heavy (non-hydrogen) atoms. The van der Waals surface area contributed by atoms with Gasteiger partial charge in [-0.05, 0) is 12.1 Å². The summed E-state index contributed by atoms with van der Waals surface area (Å²) >= 11 is 0. The van der Waals surface area contributed by atoms with Crippen molar-refractivity contribution < 1.29 is 9.90 Å². The van der Waals surface area contributed by atoms with E-state index in [0.29, 0.717) is 26.1 Å². The van der Waals surface area contributed by atoms with Gasteiger partial charge in [-0.1, -0.05) is 6.07 Å². The highest BCUT2D eigenvalue weighted by molar-refractivity contribution is 5.82. The van der Waals surface area contributed by atoms with E-state index in [1.807, 2.05) is 11.1 Å². The number of phenols is 1. The summed E-state index contributed by atoms with van der Waals surface area (Å²) in [6.45, 7) is 1.58. The molecule has 3 N–H and O–H groups in total. The summed E-state index contributed by atoms with van der Waals surface area (Å²) in [5.74, 6) is 0.276. The maximum absolute atomic E-state index is 11.6. The van der Waals surface area contributed by atoms with Crippen molar-refractivity contribution in [2.75, 3.05) is 24.6 Å². The lowest BCUT2D eigenvalue weighted by Crippen LogP contribution is -2.42. The van der Waals surface area contributed by atoms with Gasteiger partial charge in [0.2, 0.25) is 5.91 Å². The molecule has 5 heteroatoms. The third kappa shape index (κ3) is 1.94. The Bertz CT molecular complexity index is 395. The lowest BCUT2D eigenvalue weighted by molar-refractivity contribution is -0.128. The van der Waals surface area contributed by atoms with Crippen molar-refractivity contribution in [1.82, 2.24) is 5.01 Å². The minimum Gasteiger partial charge on any atom is -0.508 e. The van der Waals surface area contributed by atoms with E-state index in [0.717, 1.165) is 5.69 Å². The van der Waals surface area contributed by atoms with E-state index in [1.54, 1.807) is 23.2 Å². The Balaban J connectivity index is 2.23. The van der Waals surface area contributed by atoms with Crippen LogP contribution in [-0.4, -0.2) is 35.7 Å². The van der Waals surface area contributed by atoms with Gasteiger partial charge in [0, 0.05) is 25.6 Å². The van der Waals surface area contributed by atoms with Gasteiger partial charge in [-0.15, -0.1) is 0 Å². The third-order valence-electron chi connectivity index (χ3n) is 2.59. The van der Waals surface area contributed by atoms with Gasteiger partial charge >= 0.3 is 0 Å². The summed E-state index contributed by atoms with van der Waals surface area (Å²) in [5, 5.41) is 12.9. The second kappa shape index (κ2) is 4.40. The Hall–Kier alpha value is -1.75. The molecule has 1 amide bonds. The van der Waals surface area contributed by atoms with Gasteiger partial charge in [-0.2, -0.15) is 0 Å². The Labute approximate surface area is 94.0 Å². The number of anilines is 1. The monoisotopic (exact) mass is 221 g/mol. The first-order valence-electron chi connectivity index (χ1n) is 5.29. The maximum atomic E-state index is 11.6. The van der Waals surface area contributed by atoms with Crippen LogP contribution in [0, 0.1) is 0 Å². The van der Waals surface area contributed by atoms with Crippen LogP contribution in [0.25, 0.3) is 0 Å². The van der Waals surface area contributed by atoms with Crippen LogP contribution in [0.5, 0.6) is 5.75 Å². The number of hydrazine groups is 1. The van der Waals surface area contributed by atoms with Crippen molar-refractivity contribution in [2.45, 2.75) is 6.42 Å². The first-order valence-corrected chi connectivity index (χ1v) is 5.29. The first-order chi connectivity index (χ1) is 7.72. The minimum atomic E-state index is 0.0776. The van der Waals surface area contributed by atoms with Gasteiger partial charge in [-0.3, -0.25) is 14.8 Å². The van der Waals surface area contributed by atoms with Gasteiger partial charge in [0.05, 0.1) is 12.2 Å². The fourth-order valence-corrected chi connectivity index (χ4v) is 1.88. The molecule has 5 nitrogen and oxygen atoms in total. The zero-order valence-corrected chi connectivity index (χ0v) is 8.97. The summed E-state index contributed by atoms with van der Waals surface area (Å²) in [7, 11) is 0. The van der Waals surface area contributed by atoms with Crippen LogP contribution in [-0.2, 0) is 4.79 Å². The fourth-order valence-electron chi connectivity index (χ4n) is 1.88. The van der Waals surface area contributed by atoms with E-state index in [2.05, 4.69) is 0 Å². The zero-order chi connectivity index (χ0) is 11.5. The van der Waals surface area contributed by atoms with Crippen molar-refractivity contribution in [3.05, 3.63) is 24.3 Å². The topological polar surface area (TPSA) is 69.8 Å². The number of benzene rings is 1. The molecule has 0 atom stereocenters. The van der Waals surface area contributed by atoms with Crippen molar-refractivity contribution >= 4 is 11.6 Å². The zero-order valence-electron chi connectivity index (χ0n) is 8.97. The van der Waals surface area contributed by atoms with Crippen molar-refractivity contribution in [1.29, 1.82) is 0 Å². The molecular formula is C11H15N3O2. The van der Waals surface area contributed by atoms with E-state index in [4.69, 9.17) is 5.73 Å². The second-order valence-electron chi connectivity index (χ2n) is 3.70. The Kier molecular flexibility index (Phi) is 2.96. The van der Waals surface area contributed by atoms with Crippen molar-refractivity contribution in [2.24, 2.45) is 5.73 Å². The predicted molar refractivity (Wildman–Crippen MR) is 60.8 cm³/mol. The largest absolute Gasteiger partial charge is 0.508 e. The molecule has 2 rings (SSSR count). The molecule has 1 aliphatic rings. The average molecular weight is 221 g/mol. The summed E-state index contributed by atoms with van der Waals surface area (Å²) in [6, 6.07) is 6.87. The SMILES string of the molecule is NCCN1C(=O)CCN1c1cccc(O)c1. The van der Waals surface area contributed by atoms with Crippen LogP contribution in [0.3, 0.4) is 0 Å². The summed E-state index contributed by atoms with van der Waals surface area (Å²) in [5.41, 5.74) is 6.29. The number of nitrogens with zero attached hydrogens (tertiary/aromatic N) is 2. The molecular weight excluding hydrogens is 206 g/mol. The van der Waals surface area contributed by atoms with Crippen molar-refractivity contribution in [3.8, 4) is 5.75 Å². The fraction of sp³-hybridized carbons (Fsp3) is 0.364. The number of carbonyl (C=O) groups is 1. The Morgan fingerprint density at radius 1 is 1.44 bits per heavy atom. The van der Waals surface area contributed by atoms with Crippen LogP contribution in [0.1, 0.15) is 6.42 Å². The maximum Gasteiger partial charge on any atom is 0.242 e. The third-order valence-corrected chi connectivity index (χ3v) is 2.59. The molecule has 0 bridgehead atoms. The van der Waals surface area contributed by atoms with Crippen LogP contribution in [0.15, 0.2) is 24.3 Å². The smallest absolute Gasteiger partial charge is 0.242 e.